The number of nitriles is 1. The molecule has 0 fully saturated rings. The van der Waals surface area contributed by atoms with E-state index in [1.165, 1.54) is 0 Å². The van der Waals surface area contributed by atoms with Crippen LogP contribution in [0, 0.1) is 11.3 Å². The van der Waals surface area contributed by atoms with Crippen molar-refractivity contribution in [2.24, 2.45) is 0 Å². The van der Waals surface area contributed by atoms with E-state index in [9.17, 15) is 5.26 Å². The van der Waals surface area contributed by atoms with Crippen molar-refractivity contribution in [2.75, 3.05) is 0 Å². The number of aromatic nitrogens is 4. The first kappa shape index (κ1) is 16.0. The van der Waals surface area contributed by atoms with Crippen LogP contribution in [0.2, 0.25) is 0 Å². The van der Waals surface area contributed by atoms with Gasteiger partial charge in [-0.15, -0.1) is 16.8 Å². The highest BCUT2D eigenvalue weighted by Gasteiger charge is 2.14. The minimum atomic E-state index is 0.618. The lowest BCUT2D eigenvalue weighted by atomic mass is 10.1. The van der Waals surface area contributed by atoms with Crippen molar-refractivity contribution in [3.63, 3.8) is 0 Å². The zero-order valence-corrected chi connectivity index (χ0v) is 13.8. The molecule has 6 heteroatoms. The molecule has 24 heavy (non-hydrogen) atoms. The van der Waals surface area contributed by atoms with Crippen molar-refractivity contribution in [1.29, 1.82) is 5.26 Å². The predicted octanol–water partition coefficient (Wildman–Crippen LogP) is 3.69. The first-order valence-electron chi connectivity index (χ1n) is 7.38. The van der Waals surface area contributed by atoms with Crippen molar-refractivity contribution < 1.29 is 0 Å². The van der Waals surface area contributed by atoms with Crippen molar-refractivity contribution in [3.8, 4) is 17.5 Å². The van der Waals surface area contributed by atoms with Crippen LogP contribution < -0.4 is 0 Å². The Bertz CT molecular complexity index is 880. The molecule has 0 N–H and O–H groups in total. The number of hydrogen-bond donors (Lipinski definition) is 0. The van der Waals surface area contributed by atoms with Crippen LogP contribution in [-0.4, -0.2) is 19.7 Å². The molecule has 0 spiro atoms. The van der Waals surface area contributed by atoms with E-state index in [1.807, 2.05) is 47.0 Å². The molecule has 0 aliphatic rings. The van der Waals surface area contributed by atoms with Gasteiger partial charge in [-0.25, -0.2) is 0 Å². The summed E-state index contributed by atoms with van der Waals surface area (Å²) in [5.41, 5.74) is 2.64. The molecule has 0 aliphatic carbocycles. The largest absolute Gasteiger partial charge is 0.298 e. The summed E-state index contributed by atoms with van der Waals surface area (Å²) in [7, 11) is 0. The Morgan fingerprint density at radius 2 is 1.96 bits per heavy atom. The SMILES string of the molecule is C=CCn1c(SCc2ccccc2C#N)nnc1-c1ccncc1. The second-order valence-electron chi connectivity index (χ2n) is 5.00. The van der Waals surface area contributed by atoms with E-state index < -0.39 is 0 Å². The van der Waals surface area contributed by atoms with Crippen LogP contribution in [0.4, 0.5) is 0 Å². The first-order valence-corrected chi connectivity index (χ1v) is 8.37. The van der Waals surface area contributed by atoms with Gasteiger partial charge in [-0.05, 0) is 23.8 Å². The van der Waals surface area contributed by atoms with Crippen LogP contribution in [0.25, 0.3) is 11.4 Å². The van der Waals surface area contributed by atoms with Gasteiger partial charge in [0.2, 0.25) is 0 Å². The second-order valence-corrected chi connectivity index (χ2v) is 5.94. The lowest BCUT2D eigenvalue weighted by Gasteiger charge is -2.08. The van der Waals surface area contributed by atoms with Crippen LogP contribution >= 0.6 is 11.8 Å². The average molecular weight is 333 g/mol. The molecule has 0 atom stereocenters. The van der Waals surface area contributed by atoms with Crippen LogP contribution in [0.15, 0.2) is 66.6 Å². The van der Waals surface area contributed by atoms with Crippen LogP contribution in [0.1, 0.15) is 11.1 Å². The smallest absolute Gasteiger partial charge is 0.192 e. The summed E-state index contributed by atoms with van der Waals surface area (Å²) < 4.78 is 2.02. The van der Waals surface area contributed by atoms with Gasteiger partial charge in [0.25, 0.3) is 0 Å². The monoisotopic (exact) mass is 333 g/mol. The molecule has 3 aromatic rings. The number of thioether (sulfide) groups is 1. The number of pyridine rings is 1. The van der Waals surface area contributed by atoms with Gasteiger partial charge in [-0.3, -0.25) is 9.55 Å². The minimum absolute atomic E-state index is 0.618. The van der Waals surface area contributed by atoms with Crippen LogP contribution in [0.5, 0.6) is 0 Å². The van der Waals surface area contributed by atoms with E-state index >= 15 is 0 Å². The summed E-state index contributed by atoms with van der Waals surface area (Å²) in [6, 6.07) is 13.6. The fourth-order valence-corrected chi connectivity index (χ4v) is 3.25. The van der Waals surface area contributed by atoms with Crippen LogP contribution in [0.3, 0.4) is 0 Å². The first-order chi connectivity index (χ1) is 11.8. The molecule has 5 nitrogen and oxygen atoms in total. The highest BCUT2D eigenvalue weighted by Crippen LogP contribution is 2.27. The van der Waals surface area contributed by atoms with Crippen molar-refractivity contribution >= 4 is 11.8 Å². The maximum absolute atomic E-state index is 9.20. The Labute approximate surface area is 144 Å². The minimum Gasteiger partial charge on any atom is -0.298 e. The predicted molar refractivity (Wildman–Crippen MR) is 94.2 cm³/mol. The lowest BCUT2D eigenvalue weighted by Crippen LogP contribution is -2.01. The number of allylic oxidation sites excluding steroid dienone is 1. The van der Waals surface area contributed by atoms with E-state index in [-0.39, 0.29) is 0 Å². The molecule has 0 saturated heterocycles. The zero-order valence-electron chi connectivity index (χ0n) is 13.0. The third-order valence-corrected chi connectivity index (χ3v) is 4.48. The topological polar surface area (TPSA) is 67.4 Å². The molecule has 0 amide bonds. The van der Waals surface area contributed by atoms with Gasteiger partial charge >= 0.3 is 0 Å². The summed E-state index contributed by atoms with van der Waals surface area (Å²) in [5.74, 6) is 1.45. The van der Waals surface area contributed by atoms with Gasteiger partial charge in [0.05, 0.1) is 11.6 Å². The molecule has 0 bridgehead atoms. The van der Waals surface area contributed by atoms with Crippen LogP contribution in [-0.2, 0) is 12.3 Å². The molecule has 1 aromatic carbocycles. The molecule has 2 heterocycles. The number of hydrogen-bond acceptors (Lipinski definition) is 5. The Hall–Kier alpha value is -2.91. The van der Waals surface area contributed by atoms with Gasteiger partial charge in [-0.2, -0.15) is 5.26 Å². The molecule has 0 radical (unpaired) electrons. The molecule has 0 aliphatic heterocycles. The molecule has 0 saturated carbocycles. The Kier molecular flexibility index (Phi) is 5.04. The lowest BCUT2D eigenvalue weighted by molar-refractivity contribution is 0.731. The number of nitrogens with zero attached hydrogens (tertiary/aromatic N) is 5. The normalized spacial score (nSPS) is 10.3. The highest BCUT2D eigenvalue weighted by atomic mass is 32.2. The maximum atomic E-state index is 9.20. The van der Waals surface area contributed by atoms with Crippen molar-refractivity contribution in [2.45, 2.75) is 17.5 Å². The summed E-state index contributed by atoms with van der Waals surface area (Å²) >= 11 is 1.56. The van der Waals surface area contributed by atoms with E-state index in [4.69, 9.17) is 0 Å². The van der Waals surface area contributed by atoms with E-state index in [2.05, 4.69) is 27.8 Å². The summed E-state index contributed by atoms with van der Waals surface area (Å²) in [6.45, 7) is 4.43. The highest BCUT2D eigenvalue weighted by molar-refractivity contribution is 7.98. The summed E-state index contributed by atoms with van der Waals surface area (Å²) in [5, 5.41) is 18.6. The summed E-state index contributed by atoms with van der Waals surface area (Å²) in [4.78, 5) is 4.04. The van der Waals surface area contributed by atoms with E-state index in [0.717, 1.165) is 22.1 Å². The molecule has 118 valence electrons. The van der Waals surface area contributed by atoms with Gasteiger partial charge in [-0.1, -0.05) is 36.0 Å². The fourth-order valence-electron chi connectivity index (χ4n) is 2.30. The Morgan fingerprint density at radius 1 is 1.17 bits per heavy atom. The number of benzene rings is 1. The van der Waals surface area contributed by atoms with Gasteiger partial charge < -0.3 is 0 Å². The van der Waals surface area contributed by atoms with Gasteiger partial charge in [0.1, 0.15) is 0 Å². The Morgan fingerprint density at radius 3 is 2.71 bits per heavy atom. The van der Waals surface area contributed by atoms with Crippen molar-refractivity contribution in [1.82, 2.24) is 19.7 Å². The molecule has 3 rings (SSSR count). The van der Waals surface area contributed by atoms with Gasteiger partial charge in [0, 0.05) is 30.3 Å². The third-order valence-electron chi connectivity index (χ3n) is 3.46. The average Bonchev–Trinajstić information content (AvgIpc) is 3.04. The standard InChI is InChI=1S/C18H15N5S/c1-2-11-23-17(14-7-9-20-10-8-14)21-22-18(23)24-13-16-6-4-3-5-15(16)12-19/h2-10H,1,11,13H2. The Balaban J connectivity index is 1.87. The summed E-state index contributed by atoms with van der Waals surface area (Å²) in [6.07, 6.45) is 5.29. The number of rotatable bonds is 6. The molecular weight excluding hydrogens is 318 g/mol. The second kappa shape index (κ2) is 7.57. The van der Waals surface area contributed by atoms with E-state index in [1.54, 1.807) is 24.2 Å². The fraction of sp³-hybridized carbons (Fsp3) is 0.111. The van der Waals surface area contributed by atoms with Gasteiger partial charge in [0.15, 0.2) is 11.0 Å². The molecular formula is C18H15N5S. The molecule has 0 unspecified atom stereocenters. The van der Waals surface area contributed by atoms with E-state index in [0.29, 0.717) is 17.9 Å². The maximum Gasteiger partial charge on any atom is 0.192 e. The zero-order chi connectivity index (χ0) is 16.8. The quantitative estimate of drug-likeness (QED) is 0.508. The van der Waals surface area contributed by atoms with Crippen molar-refractivity contribution in [3.05, 3.63) is 72.6 Å². The third kappa shape index (κ3) is 3.36. The molecule has 2 aromatic heterocycles.